The molecule has 1 atom stereocenters. The van der Waals surface area contributed by atoms with Crippen LogP contribution in [-0.4, -0.2) is 54.2 Å². The lowest BCUT2D eigenvalue weighted by atomic mass is 10.2. The molecule has 1 saturated heterocycles. The lowest BCUT2D eigenvalue weighted by molar-refractivity contribution is 0.0946. The van der Waals surface area contributed by atoms with E-state index >= 15 is 0 Å². The SMILES string of the molecule is CN(C)C1CCN(c2ccc(-c3noc(CNC(=O)c4ccccc4)n3)cc2)C1. The van der Waals surface area contributed by atoms with Crippen molar-refractivity contribution in [2.24, 2.45) is 0 Å². The van der Waals surface area contributed by atoms with Crippen molar-refractivity contribution in [3.8, 4) is 11.4 Å². The van der Waals surface area contributed by atoms with E-state index in [-0.39, 0.29) is 12.5 Å². The monoisotopic (exact) mass is 391 g/mol. The molecule has 1 aliphatic rings. The second-order valence-corrected chi connectivity index (χ2v) is 7.46. The predicted octanol–water partition coefficient (Wildman–Crippen LogP) is 2.81. The van der Waals surface area contributed by atoms with Gasteiger partial charge in [0.05, 0.1) is 6.54 Å². The van der Waals surface area contributed by atoms with Gasteiger partial charge in [0.25, 0.3) is 5.91 Å². The zero-order valence-corrected chi connectivity index (χ0v) is 16.7. The fraction of sp³-hybridized carbons (Fsp3) is 0.318. The first-order chi connectivity index (χ1) is 14.1. The number of anilines is 1. The van der Waals surface area contributed by atoms with Crippen LogP contribution >= 0.6 is 0 Å². The maximum Gasteiger partial charge on any atom is 0.251 e. The summed E-state index contributed by atoms with van der Waals surface area (Å²) in [4.78, 5) is 21.2. The van der Waals surface area contributed by atoms with E-state index in [9.17, 15) is 4.79 Å². The molecule has 1 amide bonds. The van der Waals surface area contributed by atoms with Crippen molar-refractivity contribution in [1.82, 2.24) is 20.4 Å². The van der Waals surface area contributed by atoms with Crippen molar-refractivity contribution in [3.05, 3.63) is 66.1 Å². The van der Waals surface area contributed by atoms with E-state index < -0.39 is 0 Å². The topological polar surface area (TPSA) is 74.5 Å². The van der Waals surface area contributed by atoms with E-state index in [1.165, 1.54) is 12.1 Å². The standard InChI is InChI=1S/C22H25N5O2/c1-26(2)19-12-13-27(15-19)18-10-8-16(9-11-18)21-24-20(29-25-21)14-23-22(28)17-6-4-3-5-7-17/h3-11,19H,12-15H2,1-2H3,(H,23,28). The number of hydrogen-bond donors (Lipinski definition) is 1. The van der Waals surface area contributed by atoms with Gasteiger partial charge in [-0.15, -0.1) is 0 Å². The van der Waals surface area contributed by atoms with Crippen LogP contribution in [0.4, 0.5) is 5.69 Å². The number of carbonyl (C=O) groups is 1. The maximum atomic E-state index is 12.1. The summed E-state index contributed by atoms with van der Waals surface area (Å²) in [5.41, 5.74) is 2.69. The highest BCUT2D eigenvalue weighted by Gasteiger charge is 2.24. The Labute approximate surface area is 170 Å². The van der Waals surface area contributed by atoms with Crippen LogP contribution < -0.4 is 10.2 Å². The first-order valence-corrected chi connectivity index (χ1v) is 9.78. The average Bonchev–Trinajstić information content (AvgIpc) is 3.43. The molecule has 0 spiro atoms. The molecular weight excluding hydrogens is 366 g/mol. The van der Waals surface area contributed by atoms with Crippen molar-refractivity contribution in [2.75, 3.05) is 32.1 Å². The van der Waals surface area contributed by atoms with Crippen LogP contribution in [0.3, 0.4) is 0 Å². The van der Waals surface area contributed by atoms with Gasteiger partial charge in [0.2, 0.25) is 11.7 Å². The fourth-order valence-corrected chi connectivity index (χ4v) is 3.51. The summed E-state index contributed by atoms with van der Waals surface area (Å²) >= 11 is 0. The average molecular weight is 391 g/mol. The smallest absolute Gasteiger partial charge is 0.251 e. The molecule has 3 aromatic rings. The quantitative estimate of drug-likeness (QED) is 0.697. The maximum absolute atomic E-state index is 12.1. The second kappa shape index (κ2) is 8.45. The molecular formula is C22H25N5O2. The van der Waals surface area contributed by atoms with Gasteiger partial charge in [-0.2, -0.15) is 4.98 Å². The molecule has 7 heteroatoms. The molecule has 0 saturated carbocycles. The normalized spacial score (nSPS) is 16.4. The molecule has 1 fully saturated rings. The number of aromatic nitrogens is 2. The van der Waals surface area contributed by atoms with E-state index in [0.29, 0.717) is 23.3 Å². The molecule has 150 valence electrons. The third kappa shape index (κ3) is 4.46. The van der Waals surface area contributed by atoms with Crippen molar-refractivity contribution >= 4 is 11.6 Å². The van der Waals surface area contributed by atoms with Crippen LogP contribution in [0.5, 0.6) is 0 Å². The Morgan fingerprint density at radius 3 is 2.62 bits per heavy atom. The van der Waals surface area contributed by atoms with Gasteiger partial charge in [0.15, 0.2) is 0 Å². The van der Waals surface area contributed by atoms with E-state index in [4.69, 9.17) is 4.52 Å². The van der Waals surface area contributed by atoms with Gasteiger partial charge in [-0.1, -0.05) is 23.4 Å². The molecule has 1 N–H and O–H groups in total. The Morgan fingerprint density at radius 2 is 1.93 bits per heavy atom. The van der Waals surface area contributed by atoms with Crippen molar-refractivity contribution in [1.29, 1.82) is 0 Å². The molecule has 1 unspecified atom stereocenters. The number of rotatable bonds is 6. The Hall–Kier alpha value is -3.19. The molecule has 0 radical (unpaired) electrons. The molecule has 0 bridgehead atoms. The minimum atomic E-state index is -0.170. The van der Waals surface area contributed by atoms with Gasteiger partial charge in [0.1, 0.15) is 0 Å². The largest absolute Gasteiger partial charge is 0.370 e. The summed E-state index contributed by atoms with van der Waals surface area (Å²) in [5.74, 6) is 0.728. The van der Waals surface area contributed by atoms with Gasteiger partial charge in [-0.3, -0.25) is 4.79 Å². The number of hydrogen-bond acceptors (Lipinski definition) is 6. The Morgan fingerprint density at radius 1 is 1.17 bits per heavy atom. The van der Waals surface area contributed by atoms with Gasteiger partial charge in [0, 0.05) is 35.9 Å². The lowest BCUT2D eigenvalue weighted by Gasteiger charge is -2.21. The molecule has 1 aromatic heterocycles. The molecule has 2 heterocycles. The highest BCUT2D eigenvalue weighted by Crippen LogP contribution is 2.25. The van der Waals surface area contributed by atoms with E-state index in [1.807, 2.05) is 30.3 Å². The zero-order valence-electron chi connectivity index (χ0n) is 16.7. The number of nitrogens with one attached hydrogen (secondary N) is 1. The minimum absolute atomic E-state index is 0.170. The molecule has 0 aliphatic carbocycles. The summed E-state index contributed by atoms with van der Waals surface area (Å²) in [6, 6.07) is 17.9. The Balaban J connectivity index is 1.36. The molecule has 29 heavy (non-hydrogen) atoms. The van der Waals surface area contributed by atoms with E-state index in [2.05, 4.69) is 51.5 Å². The second-order valence-electron chi connectivity index (χ2n) is 7.46. The fourth-order valence-electron chi connectivity index (χ4n) is 3.51. The highest BCUT2D eigenvalue weighted by atomic mass is 16.5. The number of carbonyl (C=O) groups excluding carboxylic acids is 1. The van der Waals surface area contributed by atoms with Crippen LogP contribution in [-0.2, 0) is 6.54 Å². The summed E-state index contributed by atoms with van der Waals surface area (Å²) in [7, 11) is 4.26. The van der Waals surface area contributed by atoms with Crippen LogP contribution in [0.15, 0.2) is 59.1 Å². The number of benzene rings is 2. The molecule has 4 rings (SSSR count). The van der Waals surface area contributed by atoms with Crippen LogP contribution in [0.2, 0.25) is 0 Å². The summed E-state index contributed by atoms with van der Waals surface area (Å²) < 4.78 is 5.28. The molecule has 2 aromatic carbocycles. The lowest BCUT2D eigenvalue weighted by Crippen LogP contribution is -2.31. The van der Waals surface area contributed by atoms with Crippen molar-refractivity contribution in [3.63, 3.8) is 0 Å². The Bertz CT molecular complexity index is 953. The van der Waals surface area contributed by atoms with Gasteiger partial charge < -0.3 is 19.6 Å². The van der Waals surface area contributed by atoms with Crippen molar-refractivity contribution in [2.45, 2.75) is 19.0 Å². The van der Waals surface area contributed by atoms with Crippen LogP contribution in [0.25, 0.3) is 11.4 Å². The Kier molecular flexibility index (Phi) is 5.57. The number of nitrogens with zero attached hydrogens (tertiary/aromatic N) is 4. The number of amides is 1. The minimum Gasteiger partial charge on any atom is -0.370 e. The van der Waals surface area contributed by atoms with E-state index in [1.54, 1.807) is 12.1 Å². The zero-order chi connectivity index (χ0) is 20.2. The van der Waals surface area contributed by atoms with E-state index in [0.717, 1.165) is 18.7 Å². The summed E-state index contributed by atoms with van der Waals surface area (Å²) in [6.45, 7) is 2.30. The highest BCUT2D eigenvalue weighted by molar-refractivity contribution is 5.93. The summed E-state index contributed by atoms with van der Waals surface area (Å²) in [5, 5.41) is 6.84. The van der Waals surface area contributed by atoms with Gasteiger partial charge in [-0.25, -0.2) is 0 Å². The third-order valence-corrected chi connectivity index (χ3v) is 5.29. The first kappa shape index (κ1) is 19.1. The molecule has 1 aliphatic heterocycles. The third-order valence-electron chi connectivity index (χ3n) is 5.29. The van der Waals surface area contributed by atoms with Gasteiger partial charge >= 0.3 is 0 Å². The van der Waals surface area contributed by atoms with Crippen molar-refractivity contribution < 1.29 is 9.32 Å². The van der Waals surface area contributed by atoms with Crippen LogP contribution in [0, 0.1) is 0 Å². The van der Waals surface area contributed by atoms with Crippen LogP contribution in [0.1, 0.15) is 22.7 Å². The summed E-state index contributed by atoms with van der Waals surface area (Å²) in [6.07, 6.45) is 1.18. The first-order valence-electron chi connectivity index (χ1n) is 9.78. The molecule has 7 nitrogen and oxygen atoms in total. The van der Waals surface area contributed by atoms with Gasteiger partial charge in [-0.05, 0) is 56.9 Å². The number of likely N-dealkylation sites (N-methyl/N-ethyl adjacent to an activating group) is 1. The predicted molar refractivity (Wildman–Crippen MR) is 112 cm³/mol.